The molecule has 0 saturated carbocycles. The molecular formula is C5H13KOSi. The third-order valence-electron chi connectivity index (χ3n) is 1.41. The number of hydrogen-bond acceptors (Lipinski definition) is 1. The first kappa shape index (κ1) is 9.81. The van der Waals surface area contributed by atoms with Crippen LogP contribution in [-0.4, -0.2) is 74.0 Å². The van der Waals surface area contributed by atoms with Crippen molar-refractivity contribution >= 4 is 61.6 Å². The van der Waals surface area contributed by atoms with Crippen LogP contribution in [-0.2, 0) is 4.74 Å². The second-order valence-corrected chi connectivity index (χ2v) is 3.47. The standard InChI is InChI=1S/C5H12OSi.K.H/c7-5-3-1-2-4-6-5;;/h5H,1-4H2,7H3;;. The van der Waals surface area contributed by atoms with Crippen molar-refractivity contribution in [1.29, 1.82) is 0 Å². The van der Waals surface area contributed by atoms with E-state index in [0.717, 1.165) is 6.61 Å². The molecule has 0 bridgehead atoms. The Labute approximate surface area is 96.4 Å². The Bertz CT molecular complexity index is 54.4. The van der Waals surface area contributed by atoms with Crippen molar-refractivity contribution in [3.63, 3.8) is 0 Å². The molecule has 1 rings (SSSR count). The summed E-state index contributed by atoms with van der Waals surface area (Å²) in [7, 11) is 1.23. The van der Waals surface area contributed by atoms with Crippen molar-refractivity contribution < 1.29 is 4.74 Å². The third kappa shape index (κ3) is 3.77. The fraction of sp³-hybridized carbons (Fsp3) is 1.00. The molecule has 0 radical (unpaired) electrons. The van der Waals surface area contributed by atoms with E-state index in [2.05, 4.69) is 0 Å². The van der Waals surface area contributed by atoms with Crippen molar-refractivity contribution in [2.24, 2.45) is 0 Å². The quantitative estimate of drug-likeness (QED) is 0.419. The molecule has 1 saturated heterocycles. The Morgan fingerprint density at radius 1 is 1.38 bits per heavy atom. The Kier molecular flexibility index (Phi) is 6.85. The van der Waals surface area contributed by atoms with E-state index in [4.69, 9.17) is 4.74 Å². The average molecular weight is 156 g/mol. The second-order valence-electron chi connectivity index (χ2n) is 2.18. The van der Waals surface area contributed by atoms with E-state index in [1.165, 1.54) is 29.5 Å². The minimum absolute atomic E-state index is 0. The molecule has 1 heterocycles. The molecule has 0 aromatic rings. The van der Waals surface area contributed by atoms with Crippen LogP contribution in [0.1, 0.15) is 19.3 Å². The Morgan fingerprint density at radius 2 is 2.12 bits per heavy atom. The van der Waals surface area contributed by atoms with Crippen LogP contribution < -0.4 is 0 Å². The molecule has 0 spiro atoms. The van der Waals surface area contributed by atoms with Gasteiger partial charge in [0.05, 0.1) is 0 Å². The molecule has 8 heavy (non-hydrogen) atoms. The van der Waals surface area contributed by atoms with Crippen LogP contribution in [0.15, 0.2) is 0 Å². The summed E-state index contributed by atoms with van der Waals surface area (Å²) in [5.41, 5.74) is 0.675. The van der Waals surface area contributed by atoms with Gasteiger partial charge < -0.3 is 4.74 Å². The molecule has 1 aliphatic rings. The SMILES string of the molecule is [KH].[SiH3]C1CCCCO1. The van der Waals surface area contributed by atoms with Gasteiger partial charge in [-0.05, 0) is 19.3 Å². The fourth-order valence-electron chi connectivity index (χ4n) is 0.902. The molecule has 1 fully saturated rings. The molecule has 1 nitrogen and oxygen atoms in total. The largest absolute Gasteiger partial charge is 0.383 e. The Balaban J connectivity index is 0.000000490. The Morgan fingerprint density at radius 3 is 2.38 bits per heavy atom. The van der Waals surface area contributed by atoms with Gasteiger partial charge >= 0.3 is 51.4 Å². The maximum atomic E-state index is 5.34. The van der Waals surface area contributed by atoms with Crippen molar-refractivity contribution in [3.05, 3.63) is 0 Å². The zero-order chi connectivity index (χ0) is 5.11. The van der Waals surface area contributed by atoms with Gasteiger partial charge in [-0.15, -0.1) is 0 Å². The monoisotopic (exact) mass is 156 g/mol. The predicted octanol–water partition coefficient (Wildman–Crippen LogP) is -0.770. The zero-order valence-electron chi connectivity index (χ0n) is 4.81. The summed E-state index contributed by atoms with van der Waals surface area (Å²) in [6.45, 7) is 1.02. The van der Waals surface area contributed by atoms with E-state index in [-0.39, 0.29) is 51.4 Å². The predicted molar refractivity (Wildman–Crippen MR) is 40.7 cm³/mol. The van der Waals surface area contributed by atoms with Crippen molar-refractivity contribution in [2.75, 3.05) is 6.61 Å². The maximum absolute atomic E-state index is 5.34. The normalized spacial score (nSPS) is 29.2. The molecule has 44 valence electrons. The van der Waals surface area contributed by atoms with E-state index >= 15 is 0 Å². The zero-order valence-corrected chi connectivity index (χ0v) is 6.81. The average Bonchev–Trinajstić information content (AvgIpc) is 1.69. The van der Waals surface area contributed by atoms with Crippen LogP contribution in [0.5, 0.6) is 0 Å². The van der Waals surface area contributed by atoms with Gasteiger partial charge in [-0.3, -0.25) is 0 Å². The summed E-state index contributed by atoms with van der Waals surface area (Å²) in [6.07, 6.45) is 4.01. The van der Waals surface area contributed by atoms with E-state index in [9.17, 15) is 0 Å². The van der Waals surface area contributed by atoms with Crippen LogP contribution in [0.25, 0.3) is 0 Å². The van der Waals surface area contributed by atoms with Crippen molar-refractivity contribution in [2.45, 2.75) is 25.0 Å². The smallest absolute Gasteiger partial charge is 0.0465 e. The molecule has 0 aromatic carbocycles. The maximum Gasteiger partial charge on any atom is 0.0465 e. The van der Waals surface area contributed by atoms with E-state index < -0.39 is 0 Å². The molecule has 1 aliphatic heterocycles. The van der Waals surface area contributed by atoms with E-state index in [1.54, 1.807) is 0 Å². The summed E-state index contributed by atoms with van der Waals surface area (Å²) in [4.78, 5) is 0. The Hall–Kier alpha value is 1.81. The molecule has 0 aromatic heterocycles. The fourth-order valence-corrected chi connectivity index (χ4v) is 1.55. The van der Waals surface area contributed by atoms with E-state index in [0.29, 0.717) is 5.73 Å². The second kappa shape index (κ2) is 5.59. The summed E-state index contributed by atoms with van der Waals surface area (Å²) in [5.74, 6) is 0. The molecule has 0 N–H and O–H groups in total. The van der Waals surface area contributed by atoms with Gasteiger partial charge in [-0.25, -0.2) is 0 Å². The molecule has 0 amide bonds. The topological polar surface area (TPSA) is 9.23 Å². The number of ether oxygens (including phenoxy) is 1. The van der Waals surface area contributed by atoms with Gasteiger partial charge in [0.2, 0.25) is 0 Å². The summed E-state index contributed by atoms with van der Waals surface area (Å²) in [5, 5.41) is 0. The molecular weight excluding hydrogens is 143 g/mol. The van der Waals surface area contributed by atoms with Crippen LogP contribution in [0.3, 0.4) is 0 Å². The summed E-state index contributed by atoms with van der Waals surface area (Å²) >= 11 is 0. The molecule has 1 unspecified atom stereocenters. The van der Waals surface area contributed by atoms with Gasteiger partial charge in [-0.2, -0.15) is 0 Å². The van der Waals surface area contributed by atoms with Crippen LogP contribution in [0.2, 0.25) is 0 Å². The molecule has 3 heteroatoms. The first-order valence-corrected chi connectivity index (χ1v) is 4.16. The summed E-state index contributed by atoms with van der Waals surface area (Å²) in [6, 6.07) is 0. The van der Waals surface area contributed by atoms with Gasteiger partial charge in [0.25, 0.3) is 0 Å². The minimum Gasteiger partial charge on any atom is -0.383 e. The third-order valence-corrected chi connectivity index (χ3v) is 2.32. The number of rotatable bonds is 0. The van der Waals surface area contributed by atoms with Crippen LogP contribution in [0, 0.1) is 0 Å². The van der Waals surface area contributed by atoms with Crippen molar-refractivity contribution in [1.82, 2.24) is 0 Å². The first-order chi connectivity index (χ1) is 3.39. The minimum atomic E-state index is 0. The first-order valence-electron chi connectivity index (χ1n) is 3.01. The number of hydrogen-bond donors (Lipinski definition) is 0. The van der Waals surface area contributed by atoms with E-state index in [1.807, 2.05) is 0 Å². The van der Waals surface area contributed by atoms with Gasteiger partial charge in [0.1, 0.15) is 0 Å². The molecule has 1 atom stereocenters. The van der Waals surface area contributed by atoms with Gasteiger partial charge in [-0.1, -0.05) is 0 Å². The van der Waals surface area contributed by atoms with Crippen LogP contribution in [0.4, 0.5) is 0 Å². The van der Waals surface area contributed by atoms with Gasteiger partial charge in [0, 0.05) is 22.6 Å². The van der Waals surface area contributed by atoms with Gasteiger partial charge in [0.15, 0.2) is 0 Å². The van der Waals surface area contributed by atoms with Crippen LogP contribution >= 0.6 is 0 Å². The molecule has 0 aliphatic carbocycles. The summed E-state index contributed by atoms with van der Waals surface area (Å²) < 4.78 is 5.34. The van der Waals surface area contributed by atoms with Crippen molar-refractivity contribution in [3.8, 4) is 0 Å².